The molecule has 98 valence electrons. The Kier molecular flexibility index (Phi) is 4.09. The number of carbonyl (C=O) groups is 1. The molecule has 1 heterocycles. The molecule has 2 unspecified atom stereocenters. The third-order valence-corrected chi connectivity index (χ3v) is 3.45. The van der Waals surface area contributed by atoms with Gasteiger partial charge in [0.2, 0.25) is 0 Å². The van der Waals surface area contributed by atoms with Gasteiger partial charge >= 0.3 is 0 Å². The molecule has 0 aliphatic carbocycles. The summed E-state index contributed by atoms with van der Waals surface area (Å²) in [4.78, 5) is 12.1. The van der Waals surface area contributed by atoms with Gasteiger partial charge in [-0.25, -0.2) is 0 Å². The van der Waals surface area contributed by atoms with Gasteiger partial charge in [-0.2, -0.15) is 0 Å². The highest BCUT2D eigenvalue weighted by atomic mass is 35.5. The standard InChI is InChI=1S/C13H17ClN2O2/c1-8(12-3-2-6-18-12)16-13(17)10-7-9(15)4-5-11(10)14/h4-5,7-8,12H,2-3,6,15H2,1H3,(H,16,17). The third kappa shape index (κ3) is 2.94. The predicted octanol–water partition coefficient (Wildman–Crippen LogP) is 2.22. The summed E-state index contributed by atoms with van der Waals surface area (Å²) in [6.45, 7) is 2.71. The average Bonchev–Trinajstić information content (AvgIpc) is 2.85. The van der Waals surface area contributed by atoms with Crippen molar-refractivity contribution in [3.63, 3.8) is 0 Å². The van der Waals surface area contributed by atoms with E-state index in [1.165, 1.54) is 0 Å². The fourth-order valence-electron chi connectivity index (χ4n) is 2.09. The lowest BCUT2D eigenvalue weighted by Gasteiger charge is -2.20. The summed E-state index contributed by atoms with van der Waals surface area (Å²) in [6.07, 6.45) is 2.12. The number of hydrogen-bond donors (Lipinski definition) is 2. The Bertz CT molecular complexity index is 445. The predicted molar refractivity (Wildman–Crippen MR) is 71.8 cm³/mol. The lowest BCUT2D eigenvalue weighted by Crippen LogP contribution is -2.40. The van der Waals surface area contributed by atoms with Crippen molar-refractivity contribution in [1.29, 1.82) is 0 Å². The molecule has 1 saturated heterocycles. The van der Waals surface area contributed by atoms with Crippen LogP contribution in [0, 0.1) is 0 Å². The van der Waals surface area contributed by atoms with E-state index in [2.05, 4.69) is 5.32 Å². The van der Waals surface area contributed by atoms with Crippen LogP contribution >= 0.6 is 11.6 Å². The molecule has 1 fully saturated rings. The molecule has 1 amide bonds. The topological polar surface area (TPSA) is 64.4 Å². The quantitative estimate of drug-likeness (QED) is 0.826. The van der Waals surface area contributed by atoms with E-state index in [9.17, 15) is 4.79 Å². The molecule has 0 saturated carbocycles. The van der Waals surface area contributed by atoms with Crippen molar-refractivity contribution in [2.24, 2.45) is 0 Å². The first kappa shape index (κ1) is 13.2. The van der Waals surface area contributed by atoms with Gasteiger partial charge in [0.25, 0.3) is 5.91 Å². The van der Waals surface area contributed by atoms with E-state index in [0.717, 1.165) is 19.4 Å². The van der Waals surface area contributed by atoms with Crippen molar-refractivity contribution in [3.05, 3.63) is 28.8 Å². The van der Waals surface area contributed by atoms with Crippen LogP contribution in [0.3, 0.4) is 0 Å². The molecule has 1 aliphatic rings. The van der Waals surface area contributed by atoms with Crippen LogP contribution in [0.25, 0.3) is 0 Å². The van der Waals surface area contributed by atoms with Crippen molar-refractivity contribution >= 4 is 23.2 Å². The van der Waals surface area contributed by atoms with E-state index >= 15 is 0 Å². The van der Waals surface area contributed by atoms with Crippen molar-refractivity contribution in [2.45, 2.75) is 31.9 Å². The Balaban J connectivity index is 2.04. The molecular formula is C13H17ClN2O2. The molecular weight excluding hydrogens is 252 g/mol. The highest BCUT2D eigenvalue weighted by Gasteiger charge is 2.24. The summed E-state index contributed by atoms with van der Waals surface area (Å²) in [5, 5.41) is 3.31. The number of carbonyl (C=O) groups excluding carboxylic acids is 1. The van der Waals surface area contributed by atoms with Crippen molar-refractivity contribution in [3.8, 4) is 0 Å². The maximum absolute atomic E-state index is 12.1. The van der Waals surface area contributed by atoms with Crippen LogP contribution in [-0.4, -0.2) is 24.7 Å². The molecule has 1 aromatic carbocycles. The lowest BCUT2D eigenvalue weighted by atomic mass is 10.1. The normalized spacial score (nSPS) is 20.7. The molecule has 0 spiro atoms. The van der Waals surface area contributed by atoms with E-state index in [0.29, 0.717) is 16.3 Å². The number of anilines is 1. The van der Waals surface area contributed by atoms with Gasteiger partial charge < -0.3 is 15.8 Å². The maximum Gasteiger partial charge on any atom is 0.253 e. The van der Waals surface area contributed by atoms with Crippen LogP contribution in [0.15, 0.2) is 18.2 Å². The van der Waals surface area contributed by atoms with Gasteiger partial charge in [-0.1, -0.05) is 11.6 Å². The first-order chi connectivity index (χ1) is 8.58. The zero-order valence-corrected chi connectivity index (χ0v) is 11.0. The van der Waals surface area contributed by atoms with Gasteiger partial charge in [0, 0.05) is 12.3 Å². The zero-order valence-electron chi connectivity index (χ0n) is 10.3. The van der Waals surface area contributed by atoms with E-state index in [-0.39, 0.29) is 18.1 Å². The fourth-order valence-corrected chi connectivity index (χ4v) is 2.29. The van der Waals surface area contributed by atoms with E-state index in [4.69, 9.17) is 22.1 Å². The Morgan fingerprint density at radius 3 is 3.06 bits per heavy atom. The van der Waals surface area contributed by atoms with Gasteiger partial charge in [-0.3, -0.25) is 4.79 Å². The van der Waals surface area contributed by atoms with Crippen LogP contribution in [-0.2, 0) is 4.74 Å². The molecule has 0 bridgehead atoms. The number of ether oxygens (including phenoxy) is 1. The van der Waals surface area contributed by atoms with Crippen molar-refractivity contribution in [2.75, 3.05) is 12.3 Å². The maximum atomic E-state index is 12.1. The molecule has 4 nitrogen and oxygen atoms in total. The monoisotopic (exact) mass is 268 g/mol. The number of rotatable bonds is 3. The minimum Gasteiger partial charge on any atom is -0.399 e. The molecule has 2 atom stereocenters. The molecule has 18 heavy (non-hydrogen) atoms. The number of amides is 1. The summed E-state index contributed by atoms with van der Waals surface area (Å²) >= 11 is 5.99. The first-order valence-electron chi connectivity index (χ1n) is 6.05. The van der Waals surface area contributed by atoms with Gasteiger partial charge in [-0.15, -0.1) is 0 Å². The number of hydrogen-bond acceptors (Lipinski definition) is 3. The first-order valence-corrected chi connectivity index (χ1v) is 6.43. The summed E-state index contributed by atoms with van der Waals surface area (Å²) in [7, 11) is 0. The molecule has 3 N–H and O–H groups in total. The van der Waals surface area contributed by atoms with Gasteiger partial charge in [0.1, 0.15) is 0 Å². The number of nitrogens with two attached hydrogens (primary N) is 1. The van der Waals surface area contributed by atoms with Crippen LogP contribution < -0.4 is 11.1 Å². The van der Waals surface area contributed by atoms with Gasteiger partial charge in [0.05, 0.1) is 22.7 Å². The van der Waals surface area contributed by atoms with Crippen molar-refractivity contribution < 1.29 is 9.53 Å². The molecule has 0 radical (unpaired) electrons. The van der Waals surface area contributed by atoms with Gasteiger partial charge in [-0.05, 0) is 38.0 Å². The Morgan fingerprint density at radius 2 is 2.39 bits per heavy atom. The highest BCUT2D eigenvalue weighted by molar-refractivity contribution is 6.34. The summed E-state index contributed by atoms with van der Waals surface area (Å²) in [5.41, 5.74) is 6.58. The molecule has 2 rings (SSSR count). The number of benzene rings is 1. The van der Waals surface area contributed by atoms with Crippen molar-refractivity contribution in [1.82, 2.24) is 5.32 Å². The minimum absolute atomic E-state index is 0.0301. The number of nitrogen functional groups attached to an aromatic ring is 1. The minimum atomic E-state index is -0.213. The number of nitrogens with one attached hydrogen (secondary N) is 1. The lowest BCUT2D eigenvalue weighted by molar-refractivity contribution is 0.0712. The van der Waals surface area contributed by atoms with Crippen LogP contribution in [0.2, 0.25) is 5.02 Å². The smallest absolute Gasteiger partial charge is 0.253 e. The summed E-state index contributed by atoms with van der Waals surface area (Å²) in [5.74, 6) is -0.213. The summed E-state index contributed by atoms with van der Waals surface area (Å²) in [6, 6.07) is 4.85. The SMILES string of the molecule is CC(NC(=O)c1cc(N)ccc1Cl)C1CCCO1. The number of halogens is 1. The molecule has 5 heteroatoms. The van der Waals surface area contributed by atoms with Crippen LogP contribution in [0.1, 0.15) is 30.1 Å². The average molecular weight is 269 g/mol. The molecule has 1 aromatic rings. The van der Waals surface area contributed by atoms with E-state index < -0.39 is 0 Å². The highest BCUT2D eigenvalue weighted by Crippen LogP contribution is 2.20. The van der Waals surface area contributed by atoms with Crippen LogP contribution in [0.4, 0.5) is 5.69 Å². The fraction of sp³-hybridized carbons (Fsp3) is 0.462. The Hall–Kier alpha value is -1.26. The van der Waals surface area contributed by atoms with Crippen LogP contribution in [0.5, 0.6) is 0 Å². The Morgan fingerprint density at radius 1 is 1.61 bits per heavy atom. The largest absolute Gasteiger partial charge is 0.399 e. The van der Waals surface area contributed by atoms with E-state index in [1.807, 2.05) is 6.92 Å². The Labute approximate surface area is 111 Å². The zero-order chi connectivity index (χ0) is 13.1. The third-order valence-electron chi connectivity index (χ3n) is 3.12. The second-order valence-electron chi connectivity index (χ2n) is 4.55. The second kappa shape index (κ2) is 5.59. The summed E-state index contributed by atoms with van der Waals surface area (Å²) < 4.78 is 5.53. The molecule has 0 aromatic heterocycles. The van der Waals surface area contributed by atoms with Gasteiger partial charge in [0.15, 0.2) is 0 Å². The second-order valence-corrected chi connectivity index (χ2v) is 4.96. The molecule has 1 aliphatic heterocycles. The van der Waals surface area contributed by atoms with E-state index in [1.54, 1.807) is 18.2 Å².